The number of primary amides is 1. The molecule has 0 spiro atoms. The lowest BCUT2D eigenvalue weighted by atomic mass is 10.1. The number of fused-ring (bicyclic) bond motifs is 5. The Morgan fingerprint density at radius 1 is 0.978 bits per heavy atom. The summed E-state index contributed by atoms with van der Waals surface area (Å²) in [5.41, 5.74) is 11.6. The molecule has 10 atom stereocenters. The van der Waals surface area contributed by atoms with Gasteiger partial charge in [-0.2, -0.15) is 0 Å². The number of hydrogen-bond acceptors (Lipinski definition) is 16. The maximum absolute atomic E-state index is 15.9. The lowest BCUT2D eigenvalue weighted by molar-refractivity contribution is -0.0706. The fourth-order valence-corrected chi connectivity index (χ4v) is 7.34. The number of ether oxygens (including phenoxy) is 2. The topological polar surface area (TPSA) is 294 Å². The third-order valence-electron chi connectivity index (χ3n) is 7.56. The zero-order valence-electron chi connectivity index (χ0n) is 23.0. The maximum atomic E-state index is 15.9. The lowest BCUT2D eigenvalue weighted by Gasteiger charge is -2.25. The van der Waals surface area contributed by atoms with Gasteiger partial charge < -0.3 is 35.8 Å². The van der Waals surface area contributed by atoms with Crippen molar-refractivity contribution in [3.05, 3.63) is 36.4 Å². The van der Waals surface area contributed by atoms with Crippen molar-refractivity contribution in [2.45, 2.75) is 49.1 Å². The summed E-state index contributed by atoms with van der Waals surface area (Å²) in [5, 5.41) is 18.9. The second-order valence-electron chi connectivity index (χ2n) is 10.4. The fraction of sp³-hybridized carbons (Fsp3) is 0.455. The molecular formula is C22H24FN9O12P2. The van der Waals surface area contributed by atoms with E-state index in [9.17, 15) is 28.8 Å². The molecule has 6 heterocycles. The van der Waals surface area contributed by atoms with Crippen LogP contribution in [0, 0.1) is 0 Å². The number of halogens is 1. The SMILES string of the molecule is NC(=O)c1cccc2c1nnn2[C@@H]1O[C@@H]2COP(=O)(O)O[C@H]3[C@@H](F)[C@H](n4cnc5c(N)ncnc54)O[C@@H]3COP(=O)(O)O[C@@H]1[C@@H]2O. The highest BCUT2D eigenvalue weighted by Gasteiger charge is 2.54. The molecule has 1 amide bonds. The number of benzene rings is 1. The molecule has 4 aromatic rings. The van der Waals surface area contributed by atoms with Crippen molar-refractivity contribution in [1.82, 2.24) is 34.5 Å². The highest BCUT2D eigenvalue weighted by Crippen LogP contribution is 2.54. The molecule has 3 fully saturated rings. The Kier molecular flexibility index (Phi) is 7.65. The summed E-state index contributed by atoms with van der Waals surface area (Å²) in [6.45, 7) is -1.76. The van der Waals surface area contributed by atoms with Crippen LogP contribution < -0.4 is 11.5 Å². The first-order chi connectivity index (χ1) is 21.8. The van der Waals surface area contributed by atoms with E-state index in [2.05, 4.69) is 25.3 Å². The summed E-state index contributed by atoms with van der Waals surface area (Å²) in [7, 11) is -10.3. The molecule has 1 aromatic carbocycles. The molecule has 2 unspecified atom stereocenters. The largest absolute Gasteiger partial charge is 0.472 e. The molecule has 7 N–H and O–H groups in total. The van der Waals surface area contributed by atoms with E-state index in [-0.39, 0.29) is 33.6 Å². The van der Waals surface area contributed by atoms with Crippen molar-refractivity contribution < 1.29 is 60.8 Å². The highest BCUT2D eigenvalue weighted by atomic mass is 31.2. The standard InChI is InChI=1S/C22H24FN9O12P2/c23-12-16-11(42-21(12)31-7-28-14-18(24)26-6-27-20(14)31)5-40-46(37,38)44-17-15(33)10(4-39-45(35,36)43-16)41-22(17)32-9-3-1-2-8(19(25)34)13(9)29-30-32/h1-3,6-7,10-12,15-17,21-22,33H,4-5H2,(H2,25,34)(H,35,36)(H,37,38)(H2,24,26,27)/t10-,11-,12-,15-,16-,17-,21-,22-/m1/s1. The van der Waals surface area contributed by atoms with E-state index >= 15 is 4.39 Å². The van der Waals surface area contributed by atoms with E-state index in [4.69, 9.17) is 39.0 Å². The Bertz CT molecular complexity index is 1930. The summed E-state index contributed by atoms with van der Waals surface area (Å²) in [6, 6.07) is 4.34. The van der Waals surface area contributed by atoms with Crippen LogP contribution >= 0.6 is 15.6 Å². The Balaban J connectivity index is 1.20. The number of aromatic nitrogens is 7. The summed E-state index contributed by atoms with van der Waals surface area (Å²) in [5.74, 6) is -0.815. The number of phosphoric ester groups is 2. The first kappa shape index (κ1) is 31.1. The molecule has 24 heteroatoms. The van der Waals surface area contributed by atoms with Crippen LogP contribution in [0.4, 0.5) is 10.2 Å². The van der Waals surface area contributed by atoms with Crippen molar-refractivity contribution in [2.75, 3.05) is 18.9 Å². The number of aliphatic hydroxyl groups excluding tert-OH is 1. The number of nitrogen functional groups attached to an aromatic ring is 1. The van der Waals surface area contributed by atoms with Gasteiger partial charge >= 0.3 is 15.6 Å². The number of alkyl halides is 1. The van der Waals surface area contributed by atoms with E-state index in [0.29, 0.717) is 0 Å². The molecule has 3 aliphatic rings. The Morgan fingerprint density at radius 2 is 1.67 bits per heavy atom. The van der Waals surface area contributed by atoms with Crippen molar-refractivity contribution in [2.24, 2.45) is 5.73 Å². The number of anilines is 1. The number of phosphoric acid groups is 2. The number of aliphatic hydroxyl groups is 1. The van der Waals surface area contributed by atoms with E-state index in [1.165, 1.54) is 18.2 Å². The molecule has 3 saturated heterocycles. The minimum absolute atomic E-state index is 0.00420. The molecule has 7 rings (SSSR count). The summed E-state index contributed by atoms with van der Waals surface area (Å²) in [4.78, 5) is 45.0. The molecule has 0 saturated carbocycles. The van der Waals surface area contributed by atoms with Gasteiger partial charge in [-0.1, -0.05) is 11.3 Å². The van der Waals surface area contributed by atoms with Crippen LogP contribution in [0.1, 0.15) is 22.8 Å². The molecule has 46 heavy (non-hydrogen) atoms. The zero-order valence-corrected chi connectivity index (χ0v) is 24.8. The Morgan fingerprint density at radius 3 is 2.41 bits per heavy atom. The van der Waals surface area contributed by atoms with Crippen LogP contribution in [-0.2, 0) is 36.7 Å². The van der Waals surface area contributed by atoms with E-state index in [1.54, 1.807) is 0 Å². The van der Waals surface area contributed by atoms with Gasteiger partial charge in [0.25, 0.3) is 5.91 Å². The van der Waals surface area contributed by atoms with Crippen LogP contribution in [0.3, 0.4) is 0 Å². The van der Waals surface area contributed by atoms with Gasteiger partial charge in [0, 0.05) is 0 Å². The highest BCUT2D eigenvalue weighted by molar-refractivity contribution is 7.47. The maximum Gasteiger partial charge on any atom is 0.472 e. The first-order valence-electron chi connectivity index (χ1n) is 13.3. The molecule has 246 valence electrons. The molecule has 21 nitrogen and oxygen atoms in total. The van der Waals surface area contributed by atoms with Gasteiger partial charge in [0.05, 0.1) is 30.6 Å². The van der Waals surface area contributed by atoms with Crippen LogP contribution in [0.2, 0.25) is 0 Å². The van der Waals surface area contributed by atoms with Crippen LogP contribution in [-0.4, -0.2) is 105 Å². The molecule has 0 radical (unpaired) electrons. The Labute approximate surface area is 255 Å². The van der Waals surface area contributed by atoms with Crippen molar-refractivity contribution in [3.63, 3.8) is 0 Å². The minimum Gasteiger partial charge on any atom is -0.387 e. The Hall–Kier alpha value is -3.53. The minimum atomic E-state index is -5.15. The van der Waals surface area contributed by atoms with Gasteiger partial charge in [0.15, 0.2) is 30.1 Å². The van der Waals surface area contributed by atoms with Crippen LogP contribution in [0.25, 0.3) is 22.2 Å². The fourth-order valence-electron chi connectivity index (χ4n) is 5.45. The number of nitrogens with zero attached hydrogens (tertiary/aromatic N) is 7. The zero-order chi connectivity index (χ0) is 32.5. The number of carbonyl (C=O) groups is 1. The monoisotopic (exact) mass is 687 g/mol. The number of imidazole rings is 1. The number of hydrogen-bond donors (Lipinski definition) is 5. The summed E-state index contributed by atoms with van der Waals surface area (Å²) >= 11 is 0. The third-order valence-corrected chi connectivity index (χ3v) is 9.53. The quantitative estimate of drug-likeness (QED) is 0.169. The lowest BCUT2D eigenvalue weighted by Crippen LogP contribution is -2.35. The van der Waals surface area contributed by atoms with Crippen LogP contribution in [0.5, 0.6) is 0 Å². The first-order valence-corrected chi connectivity index (χ1v) is 16.3. The van der Waals surface area contributed by atoms with E-state index < -0.39 is 83.9 Å². The van der Waals surface area contributed by atoms with Gasteiger partial charge in [0.2, 0.25) is 0 Å². The van der Waals surface area contributed by atoms with Gasteiger partial charge in [-0.3, -0.25) is 27.5 Å². The number of rotatable bonds is 3. The normalized spacial score (nSPS) is 37.0. The van der Waals surface area contributed by atoms with Crippen molar-refractivity contribution in [1.29, 1.82) is 0 Å². The molecular weight excluding hydrogens is 663 g/mol. The number of carbonyl (C=O) groups excluding carboxylic acids is 1. The van der Waals surface area contributed by atoms with Crippen LogP contribution in [0.15, 0.2) is 30.9 Å². The van der Waals surface area contributed by atoms with Crippen molar-refractivity contribution >= 4 is 49.6 Å². The third kappa shape index (κ3) is 5.36. The van der Waals surface area contributed by atoms with E-state index in [1.807, 2.05) is 0 Å². The molecule has 2 bridgehead atoms. The molecule has 0 aliphatic carbocycles. The van der Waals surface area contributed by atoms with Crippen molar-refractivity contribution in [3.8, 4) is 0 Å². The van der Waals surface area contributed by atoms with Gasteiger partial charge in [-0.15, -0.1) is 5.10 Å². The molecule has 3 aromatic heterocycles. The predicted molar refractivity (Wildman–Crippen MR) is 146 cm³/mol. The second kappa shape index (κ2) is 11.3. The predicted octanol–water partition coefficient (Wildman–Crippen LogP) is -0.536. The smallest absolute Gasteiger partial charge is 0.387 e. The average molecular weight is 687 g/mol. The number of amides is 1. The van der Waals surface area contributed by atoms with Gasteiger partial charge in [-0.05, 0) is 12.1 Å². The van der Waals surface area contributed by atoms with E-state index in [0.717, 1.165) is 21.9 Å². The van der Waals surface area contributed by atoms with Gasteiger partial charge in [0.1, 0.15) is 47.9 Å². The molecule has 3 aliphatic heterocycles. The average Bonchev–Trinajstić information content (AvgIpc) is 3.76. The number of nitrogens with two attached hydrogens (primary N) is 2. The second-order valence-corrected chi connectivity index (χ2v) is 13.2. The summed E-state index contributed by atoms with van der Waals surface area (Å²) < 4.78 is 76.5. The van der Waals surface area contributed by atoms with Gasteiger partial charge in [-0.25, -0.2) is 33.2 Å². The summed E-state index contributed by atoms with van der Waals surface area (Å²) in [6.07, 6.45) is -11.5.